The highest BCUT2D eigenvalue weighted by Crippen LogP contribution is 2.24. The predicted molar refractivity (Wildman–Crippen MR) is 42.6 cm³/mol. The van der Waals surface area contributed by atoms with Crippen molar-refractivity contribution in [3.05, 3.63) is 28.3 Å². The average molecular weight is 168 g/mol. The Hall–Kier alpha value is -1.20. The number of rotatable bonds is 0. The van der Waals surface area contributed by atoms with Crippen molar-refractivity contribution in [1.29, 1.82) is 5.26 Å². The lowest BCUT2D eigenvalue weighted by Gasteiger charge is -1.99. The van der Waals surface area contributed by atoms with Crippen molar-refractivity contribution in [3.63, 3.8) is 0 Å². The third-order valence-corrected chi connectivity index (χ3v) is 1.72. The summed E-state index contributed by atoms with van der Waals surface area (Å²) in [6, 6.07) is 4.84. The highest BCUT2D eigenvalue weighted by Gasteiger charge is 2.02. The molecule has 0 aliphatic carbocycles. The normalized spacial score (nSPS) is 9.18. The summed E-state index contributed by atoms with van der Waals surface area (Å²) in [6.07, 6.45) is 0. The number of phenols is 1. The van der Waals surface area contributed by atoms with Crippen LogP contribution in [0.1, 0.15) is 11.1 Å². The number of benzene rings is 1. The summed E-state index contributed by atoms with van der Waals surface area (Å²) in [7, 11) is 0. The summed E-state index contributed by atoms with van der Waals surface area (Å²) in [6.45, 7) is 1.71. The number of halogens is 1. The van der Waals surface area contributed by atoms with E-state index < -0.39 is 0 Å². The van der Waals surface area contributed by atoms with Gasteiger partial charge in [0.2, 0.25) is 0 Å². The number of hydrogen-bond acceptors (Lipinski definition) is 2. The first-order chi connectivity index (χ1) is 5.15. The maximum Gasteiger partial charge on any atom is 0.120 e. The molecule has 0 spiro atoms. The van der Waals surface area contributed by atoms with Gasteiger partial charge in [-0.25, -0.2) is 0 Å². The lowest BCUT2D eigenvalue weighted by Crippen LogP contribution is -1.80. The summed E-state index contributed by atoms with van der Waals surface area (Å²) in [4.78, 5) is 0. The molecule has 1 rings (SSSR count). The molecule has 0 saturated carbocycles. The minimum Gasteiger partial charge on any atom is -0.508 e. The van der Waals surface area contributed by atoms with Gasteiger partial charge in [-0.1, -0.05) is 11.6 Å². The minimum absolute atomic E-state index is 0.119. The van der Waals surface area contributed by atoms with E-state index in [2.05, 4.69) is 0 Å². The quantitative estimate of drug-likeness (QED) is 0.644. The SMILES string of the molecule is Cc1cc(C#N)c(Cl)cc1O. The summed E-state index contributed by atoms with van der Waals surface area (Å²) in [5, 5.41) is 17.9. The first-order valence-electron chi connectivity index (χ1n) is 3.04. The molecule has 0 radical (unpaired) electrons. The Morgan fingerprint density at radius 2 is 2.18 bits per heavy atom. The fourth-order valence-electron chi connectivity index (χ4n) is 0.757. The van der Waals surface area contributed by atoms with Gasteiger partial charge in [-0.2, -0.15) is 5.26 Å². The molecule has 0 amide bonds. The highest BCUT2D eigenvalue weighted by atomic mass is 35.5. The van der Waals surface area contributed by atoms with Crippen molar-refractivity contribution in [2.75, 3.05) is 0 Å². The van der Waals surface area contributed by atoms with Crippen LogP contribution in [0.3, 0.4) is 0 Å². The van der Waals surface area contributed by atoms with Gasteiger partial charge in [-0.15, -0.1) is 0 Å². The summed E-state index contributed by atoms with van der Waals surface area (Å²) in [5.74, 6) is 0.119. The maximum absolute atomic E-state index is 9.13. The zero-order valence-corrected chi connectivity index (χ0v) is 6.68. The second kappa shape index (κ2) is 2.81. The van der Waals surface area contributed by atoms with Crippen LogP contribution in [0.2, 0.25) is 5.02 Å². The Labute approximate surface area is 69.7 Å². The van der Waals surface area contributed by atoms with Crippen LogP contribution in [0.4, 0.5) is 0 Å². The van der Waals surface area contributed by atoms with Crippen LogP contribution in [-0.4, -0.2) is 5.11 Å². The van der Waals surface area contributed by atoms with E-state index in [4.69, 9.17) is 22.0 Å². The number of aromatic hydroxyl groups is 1. The van der Waals surface area contributed by atoms with Crippen LogP contribution in [0, 0.1) is 18.3 Å². The predicted octanol–water partition coefficient (Wildman–Crippen LogP) is 2.23. The standard InChI is InChI=1S/C8H6ClNO/c1-5-2-6(4-10)7(9)3-8(5)11/h2-3,11H,1H3. The average Bonchev–Trinajstić information content (AvgIpc) is 1.97. The van der Waals surface area contributed by atoms with Gasteiger partial charge in [0.25, 0.3) is 0 Å². The fourth-order valence-corrected chi connectivity index (χ4v) is 0.957. The van der Waals surface area contributed by atoms with Gasteiger partial charge < -0.3 is 5.11 Å². The number of phenolic OH excluding ortho intramolecular Hbond substituents is 1. The van der Waals surface area contributed by atoms with E-state index in [9.17, 15) is 0 Å². The molecule has 1 N–H and O–H groups in total. The zero-order chi connectivity index (χ0) is 8.43. The largest absolute Gasteiger partial charge is 0.508 e. The fraction of sp³-hybridized carbons (Fsp3) is 0.125. The molecule has 2 nitrogen and oxygen atoms in total. The van der Waals surface area contributed by atoms with Crippen LogP contribution in [0.15, 0.2) is 12.1 Å². The Bertz CT molecular complexity index is 328. The Morgan fingerprint density at radius 1 is 1.55 bits per heavy atom. The molecule has 0 aromatic heterocycles. The van der Waals surface area contributed by atoms with E-state index in [-0.39, 0.29) is 10.8 Å². The van der Waals surface area contributed by atoms with Gasteiger partial charge in [0.05, 0.1) is 10.6 Å². The lowest BCUT2D eigenvalue weighted by atomic mass is 10.1. The van der Waals surface area contributed by atoms with Crippen LogP contribution in [-0.2, 0) is 0 Å². The Balaban J connectivity index is 3.35. The van der Waals surface area contributed by atoms with Crippen molar-refractivity contribution < 1.29 is 5.11 Å². The molecule has 0 aliphatic rings. The van der Waals surface area contributed by atoms with Crippen LogP contribution < -0.4 is 0 Å². The molecule has 0 bridgehead atoms. The summed E-state index contributed by atoms with van der Waals surface area (Å²) >= 11 is 5.62. The number of aryl methyl sites for hydroxylation is 1. The first kappa shape index (κ1) is 7.90. The van der Waals surface area contributed by atoms with Crippen LogP contribution in [0.5, 0.6) is 5.75 Å². The molecule has 0 unspecified atom stereocenters. The summed E-state index contributed by atoms with van der Waals surface area (Å²) in [5.41, 5.74) is 1.05. The second-order valence-electron chi connectivity index (χ2n) is 2.23. The van der Waals surface area contributed by atoms with Crippen molar-refractivity contribution in [1.82, 2.24) is 0 Å². The molecule has 0 heterocycles. The minimum atomic E-state index is 0.119. The highest BCUT2D eigenvalue weighted by molar-refractivity contribution is 6.31. The molecule has 3 heteroatoms. The van der Waals surface area contributed by atoms with Crippen molar-refractivity contribution >= 4 is 11.6 Å². The van der Waals surface area contributed by atoms with E-state index in [0.29, 0.717) is 11.1 Å². The lowest BCUT2D eigenvalue weighted by molar-refractivity contribution is 0.471. The maximum atomic E-state index is 9.13. The number of nitrogens with zero attached hydrogens (tertiary/aromatic N) is 1. The smallest absolute Gasteiger partial charge is 0.120 e. The molecular weight excluding hydrogens is 162 g/mol. The molecule has 1 aromatic carbocycles. The van der Waals surface area contributed by atoms with Crippen LogP contribution in [0.25, 0.3) is 0 Å². The molecule has 1 aromatic rings. The summed E-state index contributed by atoms with van der Waals surface area (Å²) < 4.78 is 0. The van der Waals surface area contributed by atoms with Gasteiger partial charge in [0, 0.05) is 6.07 Å². The van der Waals surface area contributed by atoms with E-state index in [0.717, 1.165) is 0 Å². The molecule has 0 fully saturated rings. The van der Waals surface area contributed by atoms with Gasteiger partial charge >= 0.3 is 0 Å². The molecular formula is C8H6ClNO. The van der Waals surface area contributed by atoms with Gasteiger partial charge in [-0.3, -0.25) is 0 Å². The van der Waals surface area contributed by atoms with E-state index in [1.165, 1.54) is 6.07 Å². The third-order valence-electron chi connectivity index (χ3n) is 1.41. The molecule has 0 aliphatic heterocycles. The molecule has 0 saturated heterocycles. The van der Waals surface area contributed by atoms with E-state index in [1.54, 1.807) is 13.0 Å². The van der Waals surface area contributed by atoms with Gasteiger partial charge in [-0.05, 0) is 18.6 Å². The van der Waals surface area contributed by atoms with Gasteiger partial charge in [0.1, 0.15) is 11.8 Å². The zero-order valence-electron chi connectivity index (χ0n) is 5.93. The Morgan fingerprint density at radius 3 is 2.73 bits per heavy atom. The second-order valence-corrected chi connectivity index (χ2v) is 2.64. The molecule has 56 valence electrons. The van der Waals surface area contributed by atoms with Crippen LogP contribution >= 0.6 is 11.6 Å². The van der Waals surface area contributed by atoms with Crippen molar-refractivity contribution in [2.45, 2.75) is 6.92 Å². The first-order valence-corrected chi connectivity index (χ1v) is 3.42. The third kappa shape index (κ3) is 1.44. The van der Waals surface area contributed by atoms with E-state index >= 15 is 0 Å². The number of nitriles is 1. The van der Waals surface area contributed by atoms with Crippen molar-refractivity contribution in [3.8, 4) is 11.8 Å². The molecule has 11 heavy (non-hydrogen) atoms. The monoisotopic (exact) mass is 167 g/mol. The number of hydrogen-bond donors (Lipinski definition) is 1. The molecule has 0 atom stereocenters. The topological polar surface area (TPSA) is 44.0 Å². The van der Waals surface area contributed by atoms with Crippen molar-refractivity contribution in [2.24, 2.45) is 0 Å². The Kier molecular flexibility index (Phi) is 2.02. The van der Waals surface area contributed by atoms with Gasteiger partial charge in [0.15, 0.2) is 0 Å². The van der Waals surface area contributed by atoms with E-state index in [1.807, 2.05) is 6.07 Å².